The lowest BCUT2D eigenvalue weighted by Gasteiger charge is -2.05. The largest absolute Gasteiger partial charge is 0.398 e. The molecule has 0 fully saturated rings. The number of aromatic nitrogens is 1. The van der Waals surface area contributed by atoms with Crippen molar-refractivity contribution in [3.63, 3.8) is 0 Å². The molecular formula is C12H11FN2. The van der Waals surface area contributed by atoms with Gasteiger partial charge in [-0.2, -0.15) is 0 Å². The lowest BCUT2D eigenvalue weighted by molar-refractivity contribution is 0.626. The van der Waals surface area contributed by atoms with Gasteiger partial charge < -0.3 is 5.73 Å². The predicted molar refractivity (Wildman–Crippen MR) is 57.9 cm³/mol. The molecular weight excluding hydrogens is 191 g/mol. The molecule has 1 heterocycles. The van der Waals surface area contributed by atoms with Crippen molar-refractivity contribution in [2.24, 2.45) is 0 Å². The Bertz CT molecular complexity index is 454. The van der Waals surface area contributed by atoms with E-state index in [2.05, 4.69) is 4.98 Å². The maximum atomic E-state index is 13.0. The molecule has 0 amide bonds. The van der Waals surface area contributed by atoms with Crippen molar-refractivity contribution in [1.82, 2.24) is 4.98 Å². The van der Waals surface area contributed by atoms with Gasteiger partial charge in [0.2, 0.25) is 0 Å². The van der Waals surface area contributed by atoms with Crippen molar-refractivity contribution >= 4 is 5.69 Å². The van der Waals surface area contributed by atoms with E-state index >= 15 is 0 Å². The normalized spacial score (nSPS) is 10.2. The Kier molecular flexibility index (Phi) is 2.63. The monoisotopic (exact) mass is 202 g/mol. The molecule has 2 aromatic rings. The molecule has 0 aliphatic carbocycles. The van der Waals surface area contributed by atoms with E-state index in [4.69, 9.17) is 5.73 Å². The third-order valence-electron chi connectivity index (χ3n) is 2.25. The van der Waals surface area contributed by atoms with Crippen LogP contribution in [-0.2, 0) is 6.42 Å². The topological polar surface area (TPSA) is 38.9 Å². The highest BCUT2D eigenvalue weighted by atomic mass is 19.1. The van der Waals surface area contributed by atoms with Crippen molar-refractivity contribution < 1.29 is 4.39 Å². The van der Waals surface area contributed by atoms with E-state index in [9.17, 15) is 4.39 Å². The van der Waals surface area contributed by atoms with Gasteiger partial charge in [0.1, 0.15) is 5.82 Å². The Hall–Kier alpha value is -1.90. The lowest BCUT2D eigenvalue weighted by Crippen LogP contribution is -1.96. The minimum atomic E-state index is -0.256. The molecule has 1 aromatic heterocycles. The first-order valence-corrected chi connectivity index (χ1v) is 4.68. The Balaban J connectivity index is 2.28. The van der Waals surface area contributed by atoms with E-state index < -0.39 is 0 Å². The van der Waals surface area contributed by atoms with Gasteiger partial charge in [-0.05, 0) is 47.9 Å². The van der Waals surface area contributed by atoms with Crippen LogP contribution in [0.15, 0.2) is 42.7 Å². The first-order chi connectivity index (χ1) is 7.25. The van der Waals surface area contributed by atoms with Crippen LogP contribution in [0.3, 0.4) is 0 Å². The summed E-state index contributed by atoms with van der Waals surface area (Å²) < 4.78 is 13.0. The molecule has 2 N–H and O–H groups in total. The van der Waals surface area contributed by atoms with Gasteiger partial charge in [-0.25, -0.2) is 4.39 Å². The minimum absolute atomic E-state index is 0.256. The third kappa shape index (κ3) is 2.31. The van der Waals surface area contributed by atoms with Crippen LogP contribution in [0.2, 0.25) is 0 Å². The van der Waals surface area contributed by atoms with Crippen LogP contribution in [0.1, 0.15) is 11.1 Å². The van der Waals surface area contributed by atoms with Crippen molar-refractivity contribution in [2.45, 2.75) is 6.42 Å². The molecule has 15 heavy (non-hydrogen) atoms. The molecule has 0 aliphatic rings. The maximum absolute atomic E-state index is 13.0. The van der Waals surface area contributed by atoms with Crippen molar-refractivity contribution in [1.29, 1.82) is 0 Å². The number of rotatable bonds is 2. The Labute approximate surface area is 87.6 Å². The summed E-state index contributed by atoms with van der Waals surface area (Å²) in [6, 6.07) is 8.21. The van der Waals surface area contributed by atoms with E-state index in [-0.39, 0.29) is 5.82 Å². The number of hydrogen-bond acceptors (Lipinski definition) is 2. The maximum Gasteiger partial charge on any atom is 0.123 e. The summed E-state index contributed by atoms with van der Waals surface area (Å²) in [5.74, 6) is -0.256. The summed E-state index contributed by atoms with van der Waals surface area (Å²) in [5, 5.41) is 0. The molecule has 0 aliphatic heterocycles. The minimum Gasteiger partial charge on any atom is -0.398 e. The second-order valence-electron chi connectivity index (χ2n) is 3.38. The number of hydrogen-bond donors (Lipinski definition) is 1. The van der Waals surface area contributed by atoms with Gasteiger partial charge in [-0.1, -0.05) is 0 Å². The van der Waals surface area contributed by atoms with Crippen LogP contribution >= 0.6 is 0 Å². The Morgan fingerprint density at radius 2 is 1.87 bits per heavy atom. The lowest BCUT2D eigenvalue weighted by atomic mass is 10.0. The average molecular weight is 202 g/mol. The molecule has 2 nitrogen and oxygen atoms in total. The smallest absolute Gasteiger partial charge is 0.123 e. The Morgan fingerprint density at radius 1 is 1.13 bits per heavy atom. The highest BCUT2D eigenvalue weighted by Crippen LogP contribution is 2.17. The second-order valence-corrected chi connectivity index (χ2v) is 3.38. The third-order valence-corrected chi connectivity index (χ3v) is 2.25. The molecule has 0 saturated carbocycles. The van der Waals surface area contributed by atoms with Crippen molar-refractivity contribution in [2.75, 3.05) is 5.73 Å². The van der Waals surface area contributed by atoms with Crippen LogP contribution in [0.25, 0.3) is 0 Å². The molecule has 0 bridgehead atoms. The van der Waals surface area contributed by atoms with Gasteiger partial charge in [0, 0.05) is 18.1 Å². The summed E-state index contributed by atoms with van der Waals surface area (Å²) in [4.78, 5) is 3.92. The highest BCUT2D eigenvalue weighted by Gasteiger charge is 2.02. The van der Waals surface area contributed by atoms with Gasteiger partial charge in [-0.15, -0.1) is 0 Å². The van der Waals surface area contributed by atoms with Gasteiger partial charge in [0.15, 0.2) is 0 Å². The summed E-state index contributed by atoms with van der Waals surface area (Å²) >= 11 is 0. The molecule has 1 aromatic carbocycles. The molecule has 76 valence electrons. The molecule has 0 unspecified atom stereocenters. The number of benzene rings is 1. The van der Waals surface area contributed by atoms with Gasteiger partial charge in [0.05, 0.1) is 0 Å². The second kappa shape index (κ2) is 4.09. The van der Waals surface area contributed by atoms with E-state index in [1.165, 1.54) is 12.1 Å². The van der Waals surface area contributed by atoms with Gasteiger partial charge >= 0.3 is 0 Å². The number of halogens is 1. The van der Waals surface area contributed by atoms with Crippen LogP contribution in [0, 0.1) is 5.82 Å². The van der Waals surface area contributed by atoms with Crippen molar-refractivity contribution in [3.05, 3.63) is 59.7 Å². The molecule has 0 radical (unpaired) electrons. The first-order valence-electron chi connectivity index (χ1n) is 4.68. The van der Waals surface area contributed by atoms with E-state index in [1.807, 2.05) is 12.1 Å². The number of nitrogen functional groups attached to an aromatic ring is 1. The number of nitrogens with two attached hydrogens (primary N) is 1. The fraction of sp³-hybridized carbons (Fsp3) is 0.0833. The fourth-order valence-electron chi connectivity index (χ4n) is 1.45. The highest BCUT2D eigenvalue weighted by molar-refractivity contribution is 5.48. The van der Waals surface area contributed by atoms with E-state index in [0.717, 1.165) is 11.1 Å². The van der Waals surface area contributed by atoms with Gasteiger partial charge in [-0.3, -0.25) is 4.98 Å². The first kappa shape index (κ1) is 9.65. The number of anilines is 1. The molecule has 0 saturated heterocycles. The molecule has 0 atom stereocenters. The zero-order valence-corrected chi connectivity index (χ0v) is 8.15. The SMILES string of the molecule is Nc1ccc(F)cc1Cc1ccncc1. The molecule has 2 rings (SSSR count). The molecule has 0 spiro atoms. The van der Waals surface area contributed by atoms with Gasteiger partial charge in [0.25, 0.3) is 0 Å². The fourth-order valence-corrected chi connectivity index (χ4v) is 1.45. The van der Waals surface area contributed by atoms with Crippen LogP contribution in [0.4, 0.5) is 10.1 Å². The summed E-state index contributed by atoms with van der Waals surface area (Å²) in [6.07, 6.45) is 4.06. The van der Waals surface area contributed by atoms with E-state index in [0.29, 0.717) is 12.1 Å². The quantitative estimate of drug-likeness (QED) is 0.759. The standard InChI is InChI=1S/C12H11FN2/c13-11-1-2-12(14)10(8-11)7-9-3-5-15-6-4-9/h1-6,8H,7,14H2. The number of pyridine rings is 1. The molecule has 3 heteroatoms. The van der Waals surface area contributed by atoms with Crippen LogP contribution < -0.4 is 5.73 Å². The van der Waals surface area contributed by atoms with E-state index in [1.54, 1.807) is 18.5 Å². The average Bonchev–Trinajstić information content (AvgIpc) is 2.25. The van der Waals surface area contributed by atoms with Crippen LogP contribution in [-0.4, -0.2) is 4.98 Å². The number of nitrogens with zero attached hydrogens (tertiary/aromatic N) is 1. The zero-order valence-electron chi connectivity index (χ0n) is 8.15. The summed E-state index contributed by atoms with van der Waals surface area (Å²) in [7, 11) is 0. The van der Waals surface area contributed by atoms with Crippen molar-refractivity contribution in [3.8, 4) is 0 Å². The zero-order chi connectivity index (χ0) is 10.7. The van der Waals surface area contributed by atoms with Crippen LogP contribution in [0.5, 0.6) is 0 Å². The predicted octanol–water partition coefficient (Wildman–Crippen LogP) is 2.39. The summed E-state index contributed by atoms with van der Waals surface area (Å²) in [6.45, 7) is 0. The summed E-state index contributed by atoms with van der Waals surface area (Å²) in [5.41, 5.74) is 8.25. The Morgan fingerprint density at radius 3 is 2.60 bits per heavy atom.